The van der Waals surface area contributed by atoms with Gasteiger partial charge in [0.1, 0.15) is 5.82 Å². The molecule has 2 heterocycles. The van der Waals surface area contributed by atoms with Crippen molar-refractivity contribution in [2.75, 3.05) is 18.0 Å². The van der Waals surface area contributed by atoms with Crippen LogP contribution in [-0.2, 0) is 6.54 Å². The summed E-state index contributed by atoms with van der Waals surface area (Å²) >= 11 is 2.08. The minimum Gasteiger partial charge on any atom is -0.354 e. The van der Waals surface area contributed by atoms with Gasteiger partial charge in [-0.15, -0.1) is 0 Å². The molecule has 2 atom stereocenters. The van der Waals surface area contributed by atoms with Crippen molar-refractivity contribution in [3.05, 3.63) is 23.9 Å². The highest BCUT2D eigenvalue weighted by Gasteiger charge is 2.23. The topological polar surface area (TPSA) is 28.2 Å². The van der Waals surface area contributed by atoms with E-state index in [1.54, 1.807) is 0 Å². The SMILES string of the molecule is CC(C)NCc1ccnc(N2CC(C)SC(C)C2)c1. The van der Waals surface area contributed by atoms with Crippen LogP contribution < -0.4 is 10.2 Å². The highest BCUT2D eigenvalue weighted by molar-refractivity contribution is 8.00. The molecule has 1 saturated heterocycles. The van der Waals surface area contributed by atoms with E-state index >= 15 is 0 Å². The summed E-state index contributed by atoms with van der Waals surface area (Å²) in [5.74, 6) is 1.13. The van der Waals surface area contributed by atoms with Gasteiger partial charge in [-0.25, -0.2) is 4.98 Å². The Labute approximate surface area is 121 Å². The summed E-state index contributed by atoms with van der Waals surface area (Å²) in [6, 6.07) is 4.85. The molecule has 1 aromatic rings. The second kappa shape index (κ2) is 6.62. The van der Waals surface area contributed by atoms with Gasteiger partial charge in [0.15, 0.2) is 0 Å². The van der Waals surface area contributed by atoms with Crippen molar-refractivity contribution in [2.24, 2.45) is 0 Å². The number of nitrogens with zero attached hydrogens (tertiary/aromatic N) is 2. The molecule has 106 valence electrons. The smallest absolute Gasteiger partial charge is 0.128 e. The van der Waals surface area contributed by atoms with Crippen LogP contribution in [0.1, 0.15) is 33.3 Å². The molecule has 1 aromatic heterocycles. The fourth-order valence-corrected chi connectivity index (χ4v) is 3.76. The zero-order valence-corrected chi connectivity index (χ0v) is 13.2. The molecule has 0 amide bonds. The van der Waals surface area contributed by atoms with Crippen LogP contribution in [0.25, 0.3) is 0 Å². The molecule has 1 aliphatic heterocycles. The molecule has 1 fully saturated rings. The van der Waals surface area contributed by atoms with Gasteiger partial charge in [0.25, 0.3) is 0 Å². The molecule has 3 nitrogen and oxygen atoms in total. The molecule has 2 rings (SSSR count). The predicted octanol–water partition coefficient (Wildman–Crippen LogP) is 2.91. The third-order valence-electron chi connectivity index (χ3n) is 3.27. The Kier molecular flexibility index (Phi) is 5.11. The van der Waals surface area contributed by atoms with Crippen LogP contribution in [0.3, 0.4) is 0 Å². The summed E-state index contributed by atoms with van der Waals surface area (Å²) in [5, 5.41) is 4.83. The second-order valence-electron chi connectivity index (χ2n) is 5.72. The number of hydrogen-bond acceptors (Lipinski definition) is 4. The molecular weight excluding hydrogens is 254 g/mol. The molecule has 1 aliphatic rings. The summed E-state index contributed by atoms with van der Waals surface area (Å²) < 4.78 is 0. The first-order chi connectivity index (χ1) is 9.04. The number of anilines is 1. The number of aromatic nitrogens is 1. The number of hydrogen-bond donors (Lipinski definition) is 1. The Balaban J connectivity index is 2.05. The number of rotatable bonds is 4. The van der Waals surface area contributed by atoms with E-state index in [4.69, 9.17) is 0 Å². The quantitative estimate of drug-likeness (QED) is 0.917. The van der Waals surface area contributed by atoms with Crippen molar-refractivity contribution >= 4 is 17.6 Å². The molecule has 0 aliphatic carbocycles. The average molecular weight is 279 g/mol. The lowest BCUT2D eigenvalue weighted by Crippen LogP contribution is -2.40. The molecule has 1 N–H and O–H groups in total. The molecule has 0 saturated carbocycles. The summed E-state index contributed by atoms with van der Waals surface area (Å²) in [6.07, 6.45) is 1.93. The first-order valence-corrected chi connectivity index (χ1v) is 8.07. The van der Waals surface area contributed by atoms with Crippen LogP contribution in [-0.4, -0.2) is 34.6 Å². The Bertz CT molecular complexity index is 398. The zero-order chi connectivity index (χ0) is 13.8. The van der Waals surface area contributed by atoms with Gasteiger partial charge in [0.2, 0.25) is 0 Å². The predicted molar refractivity (Wildman–Crippen MR) is 84.9 cm³/mol. The molecule has 0 radical (unpaired) electrons. The third kappa shape index (κ3) is 4.39. The minimum absolute atomic E-state index is 0.517. The standard InChI is InChI=1S/C15H25N3S/c1-11(2)17-8-14-5-6-16-15(7-14)18-9-12(3)19-13(4)10-18/h5-7,11-13,17H,8-10H2,1-4H3. The van der Waals surface area contributed by atoms with Gasteiger partial charge < -0.3 is 10.2 Å². The van der Waals surface area contributed by atoms with E-state index in [2.05, 4.69) is 66.8 Å². The molecule has 0 aromatic carbocycles. The maximum atomic E-state index is 4.55. The van der Waals surface area contributed by atoms with Crippen molar-refractivity contribution in [1.82, 2.24) is 10.3 Å². The maximum Gasteiger partial charge on any atom is 0.128 e. The average Bonchev–Trinajstić information content (AvgIpc) is 2.35. The molecule has 0 spiro atoms. The van der Waals surface area contributed by atoms with E-state index in [0.717, 1.165) is 25.5 Å². The van der Waals surface area contributed by atoms with E-state index < -0.39 is 0 Å². The van der Waals surface area contributed by atoms with E-state index in [0.29, 0.717) is 16.5 Å². The summed E-state index contributed by atoms with van der Waals surface area (Å²) in [6.45, 7) is 12.1. The molecular formula is C15H25N3S. The molecule has 4 heteroatoms. The van der Waals surface area contributed by atoms with Crippen molar-refractivity contribution in [3.63, 3.8) is 0 Å². The van der Waals surface area contributed by atoms with Crippen LogP contribution in [0.15, 0.2) is 18.3 Å². The highest BCUT2D eigenvalue weighted by atomic mass is 32.2. The molecule has 19 heavy (non-hydrogen) atoms. The van der Waals surface area contributed by atoms with Gasteiger partial charge >= 0.3 is 0 Å². The lowest BCUT2D eigenvalue weighted by Gasteiger charge is -2.35. The number of nitrogens with one attached hydrogen (secondary N) is 1. The van der Waals surface area contributed by atoms with Crippen LogP contribution in [0.5, 0.6) is 0 Å². The van der Waals surface area contributed by atoms with Crippen LogP contribution >= 0.6 is 11.8 Å². The lowest BCUT2D eigenvalue weighted by atomic mass is 10.2. The van der Waals surface area contributed by atoms with Gasteiger partial charge in [-0.3, -0.25) is 0 Å². The number of pyridine rings is 1. The van der Waals surface area contributed by atoms with Crippen molar-refractivity contribution in [3.8, 4) is 0 Å². The first kappa shape index (κ1) is 14.7. The normalized spacial score (nSPS) is 23.9. The largest absolute Gasteiger partial charge is 0.354 e. The fraction of sp³-hybridized carbons (Fsp3) is 0.667. The number of thioether (sulfide) groups is 1. The zero-order valence-electron chi connectivity index (χ0n) is 12.4. The van der Waals surface area contributed by atoms with Crippen LogP contribution in [0, 0.1) is 0 Å². The van der Waals surface area contributed by atoms with E-state index in [1.807, 2.05) is 6.20 Å². The van der Waals surface area contributed by atoms with E-state index in [9.17, 15) is 0 Å². The van der Waals surface area contributed by atoms with Gasteiger partial charge in [-0.05, 0) is 17.7 Å². The summed E-state index contributed by atoms with van der Waals surface area (Å²) in [4.78, 5) is 6.97. The first-order valence-electron chi connectivity index (χ1n) is 7.13. The van der Waals surface area contributed by atoms with E-state index in [1.165, 1.54) is 5.56 Å². The Morgan fingerprint density at radius 3 is 2.68 bits per heavy atom. The van der Waals surface area contributed by atoms with Crippen molar-refractivity contribution < 1.29 is 0 Å². The lowest BCUT2D eigenvalue weighted by molar-refractivity contribution is 0.588. The molecule has 2 unspecified atom stereocenters. The summed E-state index contributed by atoms with van der Waals surface area (Å²) in [7, 11) is 0. The molecule has 0 bridgehead atoms. The fourth-order valence-electron chi connectivity index (χ4n) is 2.43. The Hall–Kier alpha value is -0.740. The Morgan fingerprint density at radius 1 is 1.37 bits per heavy atom. The monoisotopic (exact) mass is 279 g/mol. The summed E-state index contributed by atoms with van der Waals surface area (Å²) in [5.41, 5.74) is 1.32. The maximum absolute atomic E-state index is 4.55. The van der Waals surface area contributed by atoms with Crippen LogP contribution in [0.4, 0.5) is 5.82 Å². The Morgan fingerprint density at radius 2 is 2.05 bits per heavy atom. The van der Waals surface area contributed by atoms with Gasteiger partial charge in [-0.1, -0.05) is 27.7 Å². The van der Waals surface area contributed by atoms with E-state index in [-0.39, 0.29) is 0 Å². The minimum atomic E-state index is 0.517. The van der Waals surface area contributed by atoms with Crippen LogP contribution in [0.2, 0.25) is 0 Å². The van der Waals surface area contributed by atoms with Crippen molar-refractivity contribution in [2.45, 2.75) is 50.8 Å². The van der Waals surface area contributed by atoms with Gasteiger partial charge in [0, 0.05) is 42.4 Å². The highest BCUT2D eigenvalue weighted by Crippen LogP contribution is 2.27. The van der Waals surface area contributed by atoms with Gasteiger partial charge in [0.05, 0.1) is 0 Å². The van der Waals surface area contributed by atoms with Gasteiger partial charge in [-0.2, -0.15) is 11.8 Å². The second-order valence-corrected chi connectivity index (χ2v) is 7.60. The third-order valence-corrected chi connectivity index (χ3v) is 4.50. The van der Waals surface area contributed by atoms with Crippen molar-refractivity contribution in [1.29, 1.82) is 0 Å².